The van der Waals surface area contributed by atoms with Crippen LogP contribution < -0.4 is 9.47 Å². The lowest BCUT2D eigenvalue weighted by molar-refractivity contribution is -0.0110. The van der Waals surface area contributed by atoms with Crippen LogP contribution in [0.25, 0.3) is 0 Å². The molecule has 1 aliphatic heterocycles. The third-order valence-electron chi connectivity index (χ3n) is 7.45. The van der Waals surface area contributed by atoms with E-state index in [4.69, 9.17) is 18.9 Å². The predicted molar refractivity (Wildman–Crippen MR) is 140 cm³/mol. The maximum Gasteiger partial charge on any atom is 0.409 e. The number of esters is 1. The minimum absolute atomic E-state index is 0.00312. The second-order valence-electron chi connectivity index (χ2n) is 10.2. The van der Waals surface area contributed by atoms with Crippen LogP contribution in [-0.2, 0) is 9.47 Å². The lowest BCUT2D eigenvalue weighted by Gasteiger charge is -2.46. The first-order chi connectivity index (χ1) is 17.8. The van der Waals surface area contributed by atoms with E-state index >= 15 is 0 Å². The number of nitrogens with zero attached hydrogens (tertiary/aromatic N) is 2. The molecule has 37 heavy (non-hydrogen) atoms. The van der Waals surface area contributed by atoms with Gasteiger partial charge in [-0.1, -0.05) is 13.3 Å². The van der Waals surface area contributed by atoms with Gasteiger partial charge in [-0.15, -0.1) is 0 Å². The lowest BCUT2D eigenvalue weighted by Crippen LogP contribution is -2.54. The Morgan fingerprint density at radius 3 is 2.43 bits per heavy atom. The first-order valence-electron chi connectivity index (χ1n) is 13.4. The van der Waals surface area contributed by atoms with E-state index in [1.807, 2.05) is 4.90 Å². The number of ether oxygens (including phenoxy) is 4. The zero-order valence-corrected chi connectivity index (χ0v) is 22.9. The van der Waals surface area contributed by atoms with E-state index in [-0.39, 0.29) is 29.1 Å². The molecule has 1 aliphatic carbocycles. The highest BCUT2D eigenvalue weighted by Gasteiger charge is 2.38. The SMILES string of the molecule is CCCCOC(=O)N1CCC(CN(C(C)C)C2CC(Oc3ccc(C(=O)OC)c(C=O)c3OC)C2)CC1. The molecular formula is C28H42N2O7. The van der Waals surface area contributed by atoms with E-state index in [1.54, 1.807) is 6.07 Å². The van der Waals surface area contributed by atoms with E-state index in [9.17, 15) is 14.4 Å². The average Bonchev–Trinajstić information content (AvgIpc) is 2.88. The van der Waals surface area contributed by atoms with Crippen molar-refractivity contribution < 1.29 is 33.3 Å². The number of aldehydes is 1. The molecule has 1 aromatic carbocycles. The van der Waals surface area contributed by atoms with E-state index in [2.05, 4.69) is 25.7 Å². The van der Waals surface area contributed by atoms with Gasteiger partial charge >= 0.3 is 12.1 Å². The number of likely N-dealkylation sites (tertiary alicyclic amines) is 1. The minimum atomic E-state index is -0.595. The van der Waals surface area contributed by atoms with Gasteiger partial charge in [0.1, 0.15) is 6.10 Å². The van der Waals surface area contributed by atoms with Gasteiger partial charge in [0.05, 0.1) is 32.0 Å². The summed E-state index contributed by atoms with van der Waals surface area (Å²) in [5.41, 5.74) is 0.284. The Balaban J connectivity index is 1.53. The molecule has 0 bridgehead atoms. The van der Waals surface area contributed by atoms with E-state index in [1.165, 1.54) is 20.3 Å². The highest BCUT2D eigenvalue weighted by molar-refractivity contribution is 6.00. The third kappa shape index (κ3) is 7.15. The van der Waals surface area contributed by atoms with Crippen molar-refractivity contribution in [3.63, 3.8) is 0 Å². The minimum Gasteiger partial charge on any atom is -0.492 e. The molecule has 1 amide bonds. The summed E-state index contributed by atoms with van der Waals surface area (Å²) in [5, 5.41) is 0. The zero-order valence-electron chi connectivity index (χ0n) is 22.9. The summed E-state index contributed by atoms with van der Waals surface area (Å²) >= 11 is 0. The van der Waals surface area contributed by atoms with Crippen LogP contribution in [0.3, 0.4) is 0 Å². The fraction of sp³-hybridized carbons (Fsp3) is 0.679. The smallest absolute Gasteiger partial charge is 0.409 e. The summed E-state index contributed by atoms with van der Waals surface area (Å²) in [6.07, 6.45) is 6.05. The predicted octanol–water partition coefficient (Wildman–Crippen LogP) is 4.56. The van der Waals surface area contributed by atoms with Crippen LogP contribution in [0.2, 0.25) is 0 Å². The summed E-state index contributed by atoms with van der Waals surface area (Å²) in [5.74, 6) is 0.655. The van der Waals surface area contributed by atoms with Crippen molar-refractivity contribution in [3.8, 4) is 11.5 Å². The van der Waals surface area contributed by atoms with Crippen molar-refractivity contribution in [3.05, 3.63) is 23.3 Å². The van der Waals surface area contributed by atoms with Crippen molar-refractivity contribution in [2.45, 2.75) is 77.5 Å². The number of piperidine rings is 1. The van der Waals surface area contributed by atoms with Crippen molar-refractivity contribution in [2.24, 2.45) is 5.92 Å². The molecule has 1 heterocycles. The van der Waals surface area contributed by atoms with Gasteiger partial charge in [-0.05, 0) is 51.2 Å². The Morgan fingerprint density at radius 1 is 1.16 bits per heavy atom. The number of hydrogen-bond donors (Lipinski definition) is 0. The molecule has 0 N–H and O–H groups in total. The zero-order chi connectivity index (χ0) is 26.9. The molecule has 1 saturated carbocycles. The van der Waals surface area contributed by atoms with Crippen molar-refractivity contribution in [2.75, 3.05) is 40.5 Å². The van der Waals surface area contributed by atoms with Crippen LogP contribution in [0.15, 0.2) is 12.1 Å². The molecule has 206 valence electrons. The number of methoxy groups -OCH3 is 2. The van der Waals surface area contributed by atoms with Gasteiger partial charge in [0.25, 0.3) is 0 Å². The van der Waals surface area contributed by atoms with E-state index < -0.39 is 5.97 Å². The van der Waals surface area contributed by atoms with Crippen molar-refractivity contribution in [1.82, 2.24) is 9.80 Å². The first kappa shape index (κ1) is 28.8. The normalized spacial score (nSPS) is 19.9. The quantitative estimate of drug-likeness (QED) is 0.226. The van der Waals surface area contributed by atoms with Crippen LogP contribution >= 0.6 is 0 Å². The van der Waals surface area contributed by atoms with Gasteiger partial charge in [-0.25, -0.2) is 9.59 Å². The van der Waals surface area contributed by atoms with Gasteiger partial charge in [0, 0.05) is 44.6 Å². The maximum absolute atomic E-state index is 12.2. The molecule has 9 nitrogen and oxygen atoms in total. The third-order valence-corrected chi connectivity index (χ3v) is 7.45. The largest absolute Gasteiger partial charge is 0.492 e. The number of unbranched alkanes of at least 4 members (excludes halogenated alkanes) is 1. The number of rotatable bonds is 12. The molecule has 1 saturated heterocycles. The summed E-state index contributed by atoms with van der Waals surface area (Å²) in [7, 11) is 2.73. The Bertz CT molecular complexity index is 921. The second kappa shape index (κ2) is 13.7. The van der Waals surface area contributed by atoms with Gasteiger partial charge in [-0.3, -0.25) is 9.69 Å². The number of carbonyl (C=O) groups is 3. The van der Waals surface area contributed by atoms with Gasteiger partial charge < -0.3 is 23.8 Å². The lowest BCUT2D eigenvalue weighted by atomic mass is 9.85. The molecule has 2 fully saturated rings. The fourth-order valence-corrected chi connectivity index (χ4v) is 5.15. The monoisotopic (exact) mass is 518 g/mol. The Kier molecular flexibility index (Phi) is 10.6. The molecule has 9 heteroatoms. The molecule has 3 rings (SSSR count). The topological polar surface area (TPSA) is 94.6 Å². The van der Waals surface area contributed by atoms with E-state index in [0.29, 0.717) is 36.6 Å². The van der Waals surface area contributed by atoms with Gasteiger partial charge in [-0.2, -0.15) is 0 Å². The van der Waals surface area contributed by atoms with E-state index in [0.717, 1.165) is 58.2 Å². The molecule has 0 aromatic heterocycles. The summed E-state index contributed by atoms with van der Waals surface area (Å²) in [4.78, 5) is 40.3. The molecule has 0 unspecified atom stereocenters. The number of benzene rings is 1. The molecule has 0 atom stereocenters. The number of hydrogen-bond acceptors (Lipinski definition) is 8. The number of amides is 1. The standard InChI is InChI=1S/C28H42N2O7/c1-6-7-14-36-28(33)29-12-10-20(11-13-29)17-30(19(2)3)21-15-22(16-21)37-25-9-8-23(27(32)35-5)24(18-31)26(25)34-4/h8-9,18-22H,6-7,10-17H2,1-5H3. The van der Waals surface area contributed by atoms with Crippen LogP contribution in [0.4, 0.5) is 4.79 Å². The first-order valence-corrected chi connectivity index (χ1v) is 13.4. The fourth-order valence-electron chi connectivity index (χ4n) is 5.15. The Labute approximate surface area is 220 Å². The van der Waals surface area contributed by atoms with Crippen LogP contribution in [0.5, 0.6) is 11.5 Å². The Hall–Kier alpha value is -2.81. The van der Waals surface area contributed by atoms with Crippen molar-refractivity contribution in [1.29, 1.82) is 0 Å². The Morgan fingerprint density at radius 2 is 1.86 bits per heavy atom. The molecule has 0 radical (unpaired) electrons. The highest BCUT2D eigenvalue weighted by Crippen LogP contribution is 2.38. The summed E-state index contributed by atoms with van der Waals surface area (Å²) < 4.78 is 21.8. The summed E-state index contributed by atoms with van der Waals surface area (Å²) in [6, 6.07) is 4.01. The molecule has 2 aliphatic rings. The second-order valence-corrected chi connectivity index (χ2v) is 10.2. The molecular weight excluding hydrogens is 476 g/mol. The number of carbonyl (C=O) groups excluding carboxylic acids is 3. The summed E-state index contributed by atoms with van der Waals surface area (Å²) in [6.45, 7) is 9.52. The van der Waals surface area contributed by atoms with Gasteiger partial charge in [0.2, 0.25) is 0 Å². The van der Waals surface area contributed by atoms with Crippen molar-refractivity contribution >= 4 is 18.3 Å². The van der Waals surface area contributed by atoms with Crippen LogP contribution in [0, 0.1) is 5.92 Å². The average molecular weight is 519 g/mol. The maximum atomic E-state index is 12.2. The van der Waals surface area contributed by atoms with Gasteiger partial charge in [0.15, 0.2) is 17.8 Å². The molecule has 0 spiro atoms. The van der Waals surface area contributed by atoms with Crippen LogP contribution in [-0.4, -0.2) is 86.8 Å². The van der Waals surface area contributed by atoms with Crippen LogP contribution in [0.1, 0.15) is 80.0 Å². The highest BCUT2D eigenvalue weighted by atomic mass is 16.6. The molecule has 1 aromatic rings.